The Hall–Kier alpha value is -1.69. The maximum atomic E-state index is 12.5. The van der Waals surface area contributed by atoms with E-state index in [9.17, 15) is 4.79 Å². The average molecular weight is 318 g/mol. The van der Waals surface area contributed by atoms with Crippen LogP contribution >= 0.6 is 0 Å². The number of nitrogens with zero attached hydrogens (tertiary/aromatic N) is 4. The molecule has 2 aliphatic rings. The number of hydrogen-bond donors (Lipinski definition) is 0. The molecule has 2 saturated heterocycles. The molecule has 1 amide bonds. The van der Waals surface area contributed by atoms with Crippen molar-refractivity contribution < 1.29 is 9.53 Å². The van der Waals surface area contributed by atoms with Gasteiger partial charge in [-0.25, -0.2) is 4.98 Å². The van der Waals surface area contributed by atoms with E-state index in [0.717, 1.165) is 69.4 Å². The van der Waals surface area contributed by atoms with Crippen LogP contribution in [-0.2, 0) is 9.53 Å². The molecule has 0 aromatic carbocycles. The summed E-state index contributed by atoms with van der Waals surface area (Å²) in [5, 5.41) is 0. The number of aromatic nitrogens is 2. The maximum Gasteiger partial charge on any atom is 0.223 e. The molecule has 3 heterocycles. The van der Waals surface area contributed by atoms with Gasteiger partial charge in [0, 0.05) is 52.0 Å². The lowest BCUT2D eigenvalue weighted by Crippen LogP contribution is -2.49. The average Bonchev–Trinajstić information content (AvgIpc) is 2.58. The molecule has 3 rings (SSSR count). The quantitative estimate of drug-likeness (QED) is 0.846. The van der Waals surface area contributed by atoms with E-state index in [1.807, 2.05) is 18.7 Å². The lowest BCUT2D eigenvalue weighted by molar-refractivity contribution is -0.133. The van der Waals surface area contributed by atoms with Crippen molar-refractivity contribution in [2.24, 2.45) is 5.92 Å². The molecule has 0 radical (unpaired) electrons. The summed E-state index contributed by atoms with van der Waals surface area (Å²) in [4.78, 5) is 25.7. The largest absolute Gasteiger partial charge is 0.381 e. The van der Waals surface area contributed by atoms with E-state index in [1.165, 1.54) is 0 Å². The van der Waals surface area contributed by atoms with Crippen molar-refractivity contribution in [1.29, 1.82) is 0 Å². The third kappa shape index (κ3) is 3.99. The molecule has 23 heavy (non-hydrogen) atoms. The van der Waals surface area contributed by atoms with Crippen molar-refractivity contribution in [1.82, 2.24) is 14.9 Å². The lowest BCUT2D eigenvalue weighted by Gasteiger charge is -2.36. The van der Waals surface area contributed by atoms with E-state index in [4.69, 9.17) is 4.74 Å². The van der Waals surface area contributed by atoms with E-state index in [1.54, 1.807) is 6.20 Å². The van der Waals surface area contributed by atoms with E-state index in [0.29, 0.717) is 12.3 Å². The predicted molar refractivity (Wildman–Crippen MR) is 88.5 cm³/mol. The summed E-state index contributed by atoms with van der Waals surface area (Å²) in [7, 11) is 0. The zero-order chi connectivity index (χ0) is 16.2. The van der Waals surface area contributed by atoms with Gasteiger partial charge in [-0.15, -0.1) is 0 Å². The zero-order valence-corrected chi connectivity index (χ0v) is 14.1. The first kappa shape index (κ1) is 16.2. The number of carbonyl (C=O) groups excluding carboxylic acids is 1. The molecule has 6 nitrogen and oxygen atoms in total. The van der Waals surface area contributed by atoms with E-state index >= 15 is 0 Å². The highest BCUT2D eigenvalue weighted by atomic mass is 16.5. The Balaban J connectivity index is 1.53. The fourth-order valence-electron chi connectivity index (χ4n) is 3.34. The fourth-order valence-corrected chi connectivity index (χ4v) is 3.34. The van der Waals surface area contributed by atoms with Gasteiger partial charge in [0.2, 0.25) is 5.91 Å². The number of carbonyl (C=O) groups is 1. The van der Waals surface area contributed by atoms with Gasteiger partial charge in [0.1, 0.15) is 5.82 Å². The van der Waals surface area contributed by atoms with Crippen LogP contribution in [0.2, 0.25) is 0 Å². The van der Waals surface area contributed by atoms with Gasteiger partial charge in [-0.3, -0.25) is 9.78 Å². The van der Waals surface area contributed by atoms with Gasteiger partial charge in [-0.1, -0.05) is 0 Å². The Bertz CT molecular complexity index is 550. The molecule has 126 valence electrons. The molecule has 0 unspecified atom stereocenters. The van der Waals surface area contributed by atoms with Gasteiger partial charge in [0.15, 0.2) is 0 Å². The SMILES string of the molecule is Cc1cnc(C)c(N2CCN(C(=O)C[C@@H]3CCCOC3)CC2)n1. The Morgan fingerprint density at radius 3 is 2.78 bits per heavy atom. The van der Waals surface area contributed by atoms with Crippen LogP contribution < -0.4 is 4.90 Å². The van der Waals surface area contributed by atoms with Crippen molar-refractivity contribution in [2.75, 3.05) is 44.3 Å². The zero-order valence-electron chi connectivity index (χ0n) is 14.1. The van der Waals surface area contributed by atoms with Crippen LogP contribution in [0.4, 0.5) is 5.82 Å². The van der Waals surface area contributed by atoms with Crippen LogP contribution in [0.1, 0.15) is 30.7 Å². The van der Waals surface area contributed by atoms with Crippen molar-refractivity contribution in [3.63, 3.8) is 0 Å². The van der Waals surface area contributed by atoms with Gasteiger partial charge >= 0.3 is 0 Å². The molecule has 1 atom stereocenters. The van der Waals surface area contributed by atoms with Crippen LogP contribution in [0.25, 0.3) is 0 Å². The molecule has 1 aromatic heterocycles. The summed E-state index contributed by atoms with van der Waals surface area (Å²) in [6, 6.07) is 0. The Morgan fingerprint density at radius 1 is 1.30 bits per heavy atom. The second-order valence-electron chi connectivity index (χ2n) is 6.58. The molecular formula is C17H26N4O2. The minimum absolute atomic E-state index is 0.271. The van der Waals surface area contributed by atoms with Crippen LogP contribution in [0.5, 0.6) is 0 Å². The molecule has 0 saturated carbocycles. The molecule has 0 N–H and O–H groups in total. The number of aryl methyl sites for hydroxylation is 2. The first-order valence-corrected chi connectivity index (χ1v) is 8.54. The van der Waals surface area contributed by atoms with E-state index in [2.05, 4.69) is 14.9 Å². The van der Waals surface area contributed by atoms with Gasteiger partial charge in [0.05, 0.1) is 11.4 Å². The first-order chi connectivity index (χ1) is 11.1. The van der Waals surface area contributed by atoms with Gasteiger partial charge < -0.3 is 14.5 Å². The van der Waals surface area contributed by atoms with Crippen LogP contribution in [0, 0.1) is 19.8 Å². The van der Waals surface area contributed by atoms with Crippen molar-refractivity contribution in [3.05, 3.63) is 17.6 Å². The highest BCUT2D eigenvalue weighted by Crippen LogP contribution is 2.21. The fraction of sp³-hybridized carbons (Fsp3) is 0.706. The van der Waals surface area contributed by atoms with Crippen molar-refractivity contribution in [2.45, 2.75) is 33.1 Å². The number of anilines is 1. The van der Waals surface area contributed by atoms with Crippen LogP contribution in [0.3, 0.4) is 0 Å². The molecule has 1 aromatic rings. The van der Waals surface area contributed by atoms with Crippen molar-refractivity contribution in [3.8, 4) is 0 Å². The highest BCUT2D eigenvalue weighted by molar-refractivity contribution is 5.76. The summed E-state index contributed by atoms with van der Waals surface area (Å²) in [6.45, 7) is 8.72. The summed E-state index contributed by atoms with van der Waals surface area (Å²) >= 11 is 0. The molecule has 0 spiro atoms. The second-order valence-corrected chi connectivity index (χ2v) is 6.58. The molecule has 0 aliphatic carbocycles. The monoisotopic (exact) mass is 318 g/mol. The maximum absolute atomic E-state index is 12.5. The summed E-state index contributed by atoms with van der Waals surface area (Å²) in [6.07, 6.45) is 4.62. The van der Waals surface area contributed by atoms with Crippen molar-refractivity contribution >= 4 is 11.7 Å². The first-order valence-electron chi connectivity index (χ1n) is 8.54. The van der Waals surface area contributed by atoms with Gasteiger partial charge in [-0.05, 0) is 32.6 Å². The summed E-state index contributed by atoms with van der Waals surface area (Å²) < 4.78 is 5.48. The minimum atomic E-state index is 0.271. The molecule has 2 fully saturated rings. The Labute approximate surface area is 137 Å². The minimum Gasteiger partial charge on any atom is -0.381 e. The third-order valence-electron chi connectivity index (χ3n) is 4.70. The summed E-state index contributed by atoms with van der Waals surface area (Å²) in [5.41, 5.74) is 1.89. The third-order valence-corrected chi connectivity index (χ3v) is 4.70. The standard InChI is InChI=1S/C17H26N4O2/c1-13-11-18-14(2)17(19-13)21-7-5-20(6-8-21)16(22)10-15-4-3-9-23-12-15/h11,15H,3-10,12H2,1-2H3/t15-/m0/s1. The number of amides is 1. The smallest absolute Gasteiger partial charge is 0.223 e. The Morgan fingerprint density at radius 2 is 2.09 bits per heavy atom. The number of ether oxygens (including phenoxy) is 1. The number of rotatable bonds is 3. The van der Waals surface area contributed by atoms with Crippen LogP contribution in [0.15, 0.2) is 6.20 Å². The second kappa shape index (κ2) is 7.25. The highest BCUT2D eigenvalue weighted by Gasteiger charge is 2.25. The van der Waals surface area contributed by atoms with E-state index in [-0.39, 0.29) is 5.91 Å². The van der Waals surface area contributed by atoms with Crippen LogP contribution in [-0.4, -0.2) is 60.2 Å². The number of piperazine rings is 1. The molecular weight excluding hydrogens is 292 g/mol. The molecule has 0 bridgehead atoms. The van der Waals surface area contributed by atoms with Gasteiger partial charge in [0.25, 0.3) is 0 Å². The predicted octanol–water partition coefficient (Wildman–Crippen LogP) is 1.56. The summed E-state index contributed by atoms with van der Waals surface area (Å²) in [5.74, 6) is 1.63. The Kier molecular flexibility index (Phi) is 5.10. The molecule has 2 aliphatic heterocycles. The molecule has 6 heteroatoms. The topological polar surface area (TPSA) is 58.6 Å². The van der Waals surface area contributed by atoms with E-state index < -0.39 is 0 Å². The normalized spacial score (nSPS) is 22.3. The van der Waals surface area contributed by atoms with Gasteiger partial charge in [-0.2, -0.15) is 0 Å². The lowest BCUT2D eigenvalue weighted by atomic mass is 9.98. The number of hydrogen-bond acceptors (Lipinski definition) is 5.